The fourth-order valence-electron chi connectivity index (χ4n) is 2.87. The number of halogens is 1. The Morgan fingerprint density at radius 3 is 2.41 bits per heavy atom. The molecule has 2 aromatic heterocycles. The van der Waals surface area contributed by atoms with Crippen molar-refractivity contribution in [1.29, 1.82) is 0 Å². The number of ketones is 1. The van der Waals surface area contributed by atoms with Gasteiger partial charge in [0.25, 0.3) is 0 Å². The lowest BCUT2D eigenvalue weighted by Gasteiger charge is -2.09. The molecular weight excluding hydrogens is 343 g/mol. The van der Waals surface area contributed by atoms with Crippen molar-refractivity contribution >= 4 is 11.4 Å². The third kappa shape index (κ3) is 4.08. The van der Waals surface area contributed by atoms with Crippen LogP contribution >= 0.6 is 0 Å². The van der Waals surface area contributed by atoms with Gasteiger partial charge in [-0.3, -0.25) is 14.8 Å². The summed E-state index contributed by atoms with van der Waals surface area (Å²) in [5.74, 6) is -0.497. The topological polar surface area (TPSA) is 63.1 Å². The van der Waals surface area contributed by atoms with Gasteiger partial charge in [-0.2, -0.15) is 0 Å². The highest BCUT2D eigenvalue weighted by atomic mass is 19.1. The molecule has 1 aromatic carbocycles. The molecule has 0 bridgehead atoms. The average molecular weight is 362 g/mol. The van der Waals surface area contributed by atoms with Crippen LogP contribution in [0, 0.1) is 12.7 Å². The van der Waals surface area contributed by atoms with Gasteiger partial charge in [0.2, 0.25) is 0 Å². The van der Waals surface area contributed by atoms with Crippen molar-refractivity contribution < 1.29 is 14.3 Å². The van der Waals surface area contributed by atoms with Gasteiger partial charge in [-0.25, -0.2) is 4.39 Å². The molecule has 0 spiro atoms. The van der Waals surface area contributed by atoms with E-state index in [0.717, 1.165) is 22.9 Å². The quantitative estimate of drug-likeness (QED) is 0.679. The van der Waals surface area contributed by atoms with Gasteiger partial charge in [0.05, 0.1) is 12.6 Å². The van der Waals surface area contributed by atoms with Crippen molar-refractivity contribution in [2.45, 2.75) is 20.3 Å². The fourth-order valence-corrected chi connectivity index (χ4v) is 2.87. The van der Waals surface area contributed by atoms with Gasteiger partial charge in [0.1, 0.15) is 11.6 Å². The molecule has 2 heterocycles. The van der Waals surface area contributed by atoms with Gasteiger partial charge in [-0.05, 0) is 48.7 Å². The van der Waals surface area contributed by atoms with Gasteiger partial charge < -0.3 is 5.11 Å². The molecular formula is C22H19FN2O2. The maximum atomic E-state index is 13.6. The lowest BCUT2D eigenvalue weighted by molar-refractivity contribution is 0.0990. The van der Waals surface area contributed by atoms with E-state index in [9.17, 15) is 14.3 Å². The highest BCUT2D eigenvalue weighted by Crippen LogP contribution is 2.25. The number of phenolic OH excluding ortho intramolecular Hbond substituents is 1. The Balaban J connectivity index is 1.79. The molecule has 3 aromatic rings. The zero-order chi connectivity index (χ0) is 19.4. The molecule has 0 fully saturated rings. The molecule has 3 rings (SSSR count). The van der Waals surface area contributed by atoms with E-state index in [-0.39, 0.29) is 23.5 Å². The second-order valence-corrected chi connectivity index (χ2v) is 6.18. The molecule has 0 amide bonds. The number of carbonyl (C=O) groups excluding carboxylic acids is 1. The molecule has 0 saturated carbocycles. The number of rotatable bonds is 5. The van der Waals surface area contributed by atoms with Crippen molar-refractivity contribution in [3.8, 4) is 5.75 Å². The third-order valence-electron chi connectivity index (χ3n) is 4.40. The van der Waals surface area contributed by atoms with E-state index in [1.807, 2.05) is 31.2 Å². The van der Waals surface area contributed by atoms with E-state index >= 15 is 0 Å². The molecule has 136 valence electrons. The van der Waals surface area contributed by atoms with Gasteiger partial charge >= 0.3 is 0 Å². The molecule has 0 radical (unpaired) electrons. The standard InChI is InChI=1S/C22H19FN2O2/c1-3-19(15-5-8-18(26)9-6-15)16-4-7-17(25-11-16)10-22(27)20-12-24-13-21(23)14(20)2/h3-9,11-13,26H,10H2,1-2H3/b19-3-. The van der Waals surface area contributed by atoms with Crippen LogP contribution in [0.4, 0.5) is 4.39 Å². The van der Waals surface area contributed by atoms with Crippen molar-refractivity contribution in [2.75, 3.05) is 0 Å². The number of carbonyl (C=O) groups is 1. The molecule has 5 heteroatoms. The number of aromatic nitrogens is 2. The molecule has 4 nitrogen and oxygen atoms in total. The number of benzene rings is 1. The summed E-state index contributed by atoms with van der Waals surface area (Å²) in [4.78, 5) is 20.6. The smallest absolute Gasteiger partial charge is 0.170 e. The predicted octanol–water partition coefficient (Wildman–Crippen LogP) is 4.51. The second kappa shape index (κ2) is 7.91. The predicted molar refractivity (Wildman–Crippen MR) is 102 cm³/mol. The Bertz CT molecular complexity index is 994. The minimum Gasteiger partial charge on any atom is -0.508 e. The largest absolute Gasteiger partial charge is 0.508 e. The molecule has 0 unspecified atom stereocenters. The minimum atomic E-state index is -0.490. The summed E-state index contributed by atoms with van der Waals surface area (Å²) >= 11 is 0. The Kier molecular flexibility index (Phi) is 5.41. The first-order valence-electron chi connectivity index (χ1n) is 8.54. The maximum absolute atomic E-state index is 13.6. The first-order valence-corrected chi connectivity index (χ1v) is 8.54. The summed E-state index contributed by atoms with van der Waals surface area (Å²) in [6, 6.07) is 10.6. The van der Waals surface area contributed by atoms with Crippen LogP contribution < -0.4 is 0 Å². The average Bonchev–Trinajstić information content (AvgIpc) is 2.67. The van der Waals surface area contributed by atoms with E-state index in [2.05, 4.69) is 9.97 Å². The SMILES string of the molecule is C/C=C(/c1ccc(O)cc1)c1ccc(CC(=O)c2cncc(F)c2C)nc1. The fraction of sp³-hybridized carbons (Fsp3) is 0.136. The summed E-state index contributed by atoms with van der Waals surface area (Å²) in [6.45, 7) is 3.50. The molecule has 0 aliphatic carbocycles. The normalized spacial score (nSPS) is 11.4. The number of aromatic hydroxyl groups is 1. The first-order chi connectivity index (χ1) is 13.0. The van der Waals surface area contributed by atoms with Crippen molar-refractivity contribution in [1.82, 2.24) is 9.97 Å². The summed E-state index contributed by atoms with van der Waals surface area (Å²) in [5.41, 5.74) is 4.03. The highest BCUT2D eigenvalue weighted by Gasteiger charge is 2.14. The van der Waals surface area contributed by atoms with Crippen molar-refractivity contribution in [3.63, 3.8) is 0 Å². The molecule has 0 aliphatic rings. The zero-order valence-electron chi connectivity index (χ0n) is 15.1. The molecule has 0 saturated heterocycles. The number of phenols is 1. The van der Waals surface area contributed by atoms with Crippen LogP contribution in [-0.2, 0) is 6.42 Å². The van der Waals surface area contributed by atoms with E-state index in [1.54, 1.807) is 31.3 Å². The molecule has 1 N–H and O–H groups in total. The van der Waals surface area contributed by atoms with Crippen LogP contribution in [0.15, 0.2) is 61.1 Å². The molecule has 0 aliphatic heterocycles. The van der Waals surface area contributed by atoms with Crippen molar-refractivity contribution in [2.24, 2.45) is 0 Å². The maximum Gasteiger partial charge on any atom is 0.170 e. The van der Waals surface area contributed by atoms with E-state index in [0.29, 0.717) is 11.3 Å². The Labute approximate surface area is 157 Å². The summed E-state index contributed by atoms with van der Waals surface area (Å²) in [5, 5.41) is 9.44. The molecule has 27 heavy (non-hydrogen) atoms. The lowest BCUT2D eigenvalue weighted by Crippen LogP contribution is -2.09. The van der Waals surface area contributed by atoms with Gasteiger partial charge in [-0.1, -0.05) is 24.3 Å². The number of Topliss-reactive ketones (excluding diaryl/α,β-unsaturated/α-hetero) is 1. The van der Waals surface area contributed by atoms with Crippen LogP contribution in [0.1, 0.15) is 39.7 Å². The van der Waals surface area contributed by atoms with Crippen molar-refractivity contribution in [3.05, 3.63) is 94.8 Å². The second-order valence-electron chi connectivity index (χ2n) is 6.18. The van der Waals surface area contributed by atoms with Crippen LogP contribution in [0.2, 0.25) is 0 Å². The zero-order valence-corrected chi connectivity index (χ0v) is 15.1. The summed E-state index contributed by atoms with van der Waals surface area (Å²) in [6.07, 6.45) is 6.24. The van der Waals surface area contributed by atoms with Crippen LogP contribution in [-0.4, -0.2) is 20.9 Å². The number of nitrogens with zero attached hydrogens (tertiary/aromatic N) is 2. The summed E-state index contributed by atoms with van der Waals surface area (Å²) < 4.78 is 13.6. The number of hydrogen-bond donors (Lipinski definition) is 1. The summed E-state index contributed by atoms with van der Waals surface area (Å²) in [7, 11) is 0. The van der Waals surface area contributed by atoms with E-state index in [1.165, 1.54) is 6.20 Å². The molecule has 0 atom stereocenters. The monoisotopic (exact) mass is 362 g/mol. The lowest BCUT2D eigenvalue weighted by atomic mass is 9.98. The number of pyridine rings is 2. The number of hydrogen-bond acceptors (Lipinski definition) is 4. The third-order valence-corrected chi connectivity index (χ3v) is 4.40. The van der Waals surface area contributed by atoms with E-state index in [4.69, 9.17) is 0 Å². The van der Waals surface area contributed by atoms with Gasteiger partial charge in [0, 0.05) is 29.2 Å². The van der Waals surface area contributed by atoms with Gasteiger partial charge in [0.15, 0.2) is 5.78 Å². The highest BCUT2D eigenvalue weighted by molar-refractivity contribution is 5.98. The van der Waals surface area contributed by atoms with E-state index < -0.39 is 5.82 Å². The van der Waals surface area contributed by atoms with Crippen LogP contribution in [0.5, 0.6) is 5.75 Å². The minimum absolute atomic E-state index is 0.0800. The van der Waals surface area contributed by atoms with Gasteiger partial charge in [-0.15, -0.1) is 0 Å². The Morgan fingerprint density at radius 2 is 1.78 bits per heavy atom. The Hall–Kier alpha value is -3.34. The first kappa shape index (κ1) is 18.5. The number of allylic oxidation sites excluding steroid dienone is 1. The van der Waals surface area contributed by atoms with Crippen LogP contribution in [0.25, 0.3) is 5.57 Å². The Morgan fingerprint density at radius 1 is 1.07 bits per heavy atom. The van der Waals surface area contributed by atoms with Crippen LogP contribution in [0.3, 0.4) is 0 Å².